The summed E-state index contributed by atoms with van der Waals surface area (Å²) in [6.07, 6.45) is 4.05. The minimum absolute atomic E-state index is 0.687. The molecule has 0 saturated heterocycles. The lowest BCUT2D eigenvalue weighted by Crippen LogP contribution is -2.42. The van der Waals surface area contributed by atoms with Crippen molar-refractivity contribution in [2.24, 2.45) is 0 Å². The summed E-state index contributed by atoms with van der Waals surface area (Å²) >= 11 is 1.46. The normalized spacial score (nSPS) is 17.1. The van der Waals surface area contributed by atoms with Crippen LogP contribution in [0, 0.1) is 0 Å². The molecular formula is C13H12N2O2S. The SMILES string of the molecule is O=C(O)C1(c2csc(-c3ccccn3)n2)CCC1. The van der Waals surface area contributed by atoms with Crippen molar-refractivity contribution in [1.82, 2.24) is 9.97 Å². The quantitative estimate of drug-likeness (QED) is 0.921. The molecule has 0 unspecified atom stereocenters. The van der Waals surface area contributed by atoms with Crippen LogP contribution in [0.3, 0.4) is 0 Å². The van der Waals surface area contributed by atoms with Gasteiger partial charge in [-0.1, -0.05) is 12.5 Å². The fourth-order valence-corrected chi connectivity index (χ4v) is 3.10. The van der Waals surface area contributed by atoms with Crippen LogP contribution in [0.2, 0.25) is 0 Å². The maximum absolute atomic E-state index is 11.4. The number of aliphatic carboxylic acids is 1. The van der Waals surface area contributed by atoms with E-state index >= 15 is 0 Å². The van der Waals surface area contributed by atoms with Gasteiger partial charge in [0, 0.05) is 11.6 Å². The highest BCUT2D eigenvalue weighted by atomic mass is 32.1. The molecule has 0 radical (unpaired) electrons. The molecule has 0 spiro atoms. The molecular weight excluding hydrogens is 248 g/mol. The predicted octanol–water partition coefficient (Wildman–Crippen LogP) is 2.71. The summed E-state index contributed by atoms with van der Waals surface area (Å²) in [6.45, 7) is 0. The number of rotatable bonds is 3. The van der Waals surface area contributed by atoms with Gasteiger partial charge in [0.25, 0.3) is 0 Å². The number of carbonyl (C=O) groups is 1. The third-order valence-corrected chi connectivity index (χ3v) is 4.36. The molecule has 0 atom stereocenters. The lowest BCUT2D eigenvalue weighted by molar-refractivity contribution is -0.147. The molecule has 0 aliphatic heterocycles. The molecule has 2 aromatic rings. The van der Waals surface area contributed by atoms with Crippen molar-refractivity contribution < 1.29 is 9.90 Å². The molecule has 1 fully saturated rings. The van der Waals surface area contributed by atoms with Gasteiger partial charge in [-0.15, -0.1) is 11.3 Å². The van der Waals surface area contributed by atoms with Crippen LogP contribution in [-0.4, -0.2) is 21.0 Å². The van der Waals surface area contributed by atoms with Crippen molar-refractivity contribution >= 4 is 17.3 Å². The van der Waals surface area contributed by atoms with E-state index in [2.05, 4.69) is 9.97 Å². The maximum atomic E-state index is 11.4. The number of thiazole rings is 1. The van der Waals surface area contributed by atoms with Crippen molar-refractivity contribution in [3.8, 4) is 10.7 Å². The second-order valence-corrected chi connectivity index (χ2v) is 5.35. The topological polar surface area (TPSA) is 63.1 Å². The van der Waals surface area contributed by atoms with E-state index in [0.717, 1.165) is 17.1 Å². The fraction of sp³-hybridized carbons (Fsp3) is 0.308. The van der Waals surface area contributed by atoms with E-state index in [-0.39, 0.29) is 0 Å². The summed E-state index contributed by atoms with van der Waals surface area (Å²) in [5.41, 5.74) is 0.740. The highest BCUT2D eigenvalue weighted by Crippen LogP contribution is 2.44. The van der Waals surface area contributed by atoms with E-state index in [1.165, 1.54) is 11.3 Å². The number of aromatic nitrogens is 2. The smallest absolute Gasteiger partial charge is 0.315 e. The first kappa shape index (κ1) is 11.3. The zero-order chi connectivity index (χ0) is 12.6. The zero-order valence-electron chi connectivity index (χ0n) is 9.67. The van der Waals surface area contributed by atoms with Crippen LogP contribution < -0.4 is 0 Å². The largest absolute Gasteiger partial charge is 0.481 e. The molecule has 0 aromatic carbocycles. The average Bonchev–Trinajstić information content (AvgIpc) is 2.78. The van der Waals surface area contributed by atoms with Crippen LogP contribution in [-0.2, 0) is 10.2 Å². The van der Waals surface area contributed by atoms with Crippen molar-refractivity contribution in [1.29, 1.82) is 0 Å². The lowest BCUT2D eigenvalue weighted by atomic mass is 9.67. The number of pyridine rings is 1. The molecule has 2 heterocycles. The van der Waals surface area contributed by atoms with Crippen molar-refractivity contribution in [3.05, 3.63) is 35.5 Å². The van der Waals surface area contributed by atoms with Gasteiger partial charge in [0.15, 0.2) is 0 Å². The molecule has 18 heavy (non-hydrogen) atoms. The molecule has 1 N–H and O–H groups in total. The van der Waals surface area contributed by atoms with E-state index in [9.17, 15) is 9.90 Å². The van der Waals surface area contributed by atoms with E-state index in [0.29, 0.717) is 18.5 Å². The van der Waals surface area contributed by atoms with Crippen LogP contribution in [0.15, 0.2) is 29.8 Å². The Kier molecular flexibility index (Phi) is 2.63. The van der Waals surface area contributed by atoms with Crippen molar-refractivity contribution in [2.45, 2.75) is 24.7 Å². The lowest BCUT2D eigenvalue weighted by Gasteiger charge is -2.35. The molecule has 92 valence electrons. The van der Waals surface area contributed by atoms with Gasteiger partial charge in [0.2, 0.25) is 0 Å². The molecule has 4 nitrogen and oxygen atoms in total. The first-order valence-electron chi connectivity index (χ1n) is 5.83. The van der Waals surface area contributed by atoms with Gasteiger partial charge in [-0.2, -0.15) is 0 Å². The molecule has 1 aliphatic rings. The van der Waals surface area contributed by atoms with E-state index < -0.39 is 11.4 Å². The Labute approximate surface area is 108 Å². The Balaban J connectivity index is 1.97. The molecule has 0 amide bonds. The Bertz CT molecular complexity index is 576. The van der Waals surface area contributed by atoms with Crippen molar-refractivity contribution in [2.75, 3.05) is 0 Å². The molecule has 1 saturated carbocycles. The van der Waals surface area contributed by atoms with Crippen LogP contribution in [0.25, 0.3) is 10.7 Å². The van der Waals surface area contributed by atoms with Gasteiger partial charge in [0.05, 0.1) is 11.4 Å². The van der Waals surface area contributed by atoms with Gasteiger partial charge in [-0.3, -0.25) is 9.78 Å². The van der Waals surface area contributed by atoms with Crippen LogP contribution in [0.5, 0.6) is 0 Å². The van der Waals surface area contributed by atoms with Crippen LogP contribution >= 0.6 is 11.3 Å². The summed E-state index contributed by atoms with van der Waals surface area (Å²) in [5, 5.41) is 12.0. The van der Waals surface area contributed by atoms with E-state index in [1.807, 2.05) is 23.6 Å². The summed E-state index contributed by atoms with van der Waals surface area (Å²) in [5.74, 6) is -0.758. The summed E-state index contributed by atoms with van der Waals surface area (Å²) in [6, 6.07) is 5.64. The van der Waals surface area contributed by atoms with Crippen LogP contribution in [0.4, 0.5) is 0 Å². The fourth-order valence-electron chi connectivity index (χ4n) is 2.21. The first-order valence-corrected chi connectivity index (χ1v) is 6.71. The summed E-state index contributed by atoms with van der Waals surface area (Å²) in [4.78, 5) is 20.1. The second kappa shape index (κ2) is 4.17. The third-order valence-electron chi connectivity index (χ3n) is 3.49. The van der Waals surface area contributed by atoms with Gasteiger partial charge in [-0.05, 0) is 25.0 Å². The summed E-state index contributed by atoms with van der Waals surface area (Å²) in [7, 11) is 0. The number of hydrogen-bond donors (Lipinski definition) is 1. The van der Waals surface area contributed by atoms with Gasteiger partial charge < -0.3 is 5.11 Å². The number of nitrogens with zero attached hydrogens (tertiary/aromatic N) is 2. The van der Waals surface area contributed by atoms with Gasteiger partial charge in [-0.25, -0.2) is 4.98 Å². The minimum Gasteiger partial charge on any atom is -0.481 e. The Morgan fingerprint density at radius 2 is 2.22 bits per heavy atom. The Morgan fingerprint density at radius 1 is 1.39 bits per heavy atom. The van der Waals surface area contributed by atoms with E-state index in [4.69, 9.17) is 0 Å². The number of carboxylic acid groups (broad SMARTS) is 1. The standard InChI is InChI=1S/C13H12N2O2S/c16-12(17)13(5-3-6-13)10-8-18-11(15-10)9-4-1-2-7-14-9/h1-2,4,7-8H,3,5-6H2,(H,16,17). The Hall–Kier alpha value is -1.75. The predicted molar refractivity (Wildman–Crippen MR) is 68.5 cm³/mol. The third kappa shape index (κ3) is 1.62. The Morgan fingerprint density at radius 3 is 2.78 bits per heavy atom. The van der Waals surface area contributed by atoms with Crippen molar-refractivity contribution in [3.63, 3.8) is 0 Å². The highest BCUT2D eigenvalue weighted by Gasteiger charge is 2.47. The molecule has 1 aliphatic carbocycles. The van der Waals surface area contributed by atoms with Gasteiger partial charge in [0.1, 0.15) is 10.4 Å². The monoisotopic (exact) mass is 260 g/mol. The average molecular weight is 260 g/mol. The molecule has 5 heteroatoms. The second-order valence-electron chi connectivity index (χ2n) is 4.49. The van der Waals surface area contributed by atoms with E-state index in [1.54, 1.807) is 6.20 Å². The number of carboxylic acids is 1. The van der Waals surface area contributed by atoms with Gasteiger partial charge >= 0.3 is 5.97 Å². The molecule has 2 aromatic heterocycles. The molecule has 3 rings (SSSR count). The highest BCUT2D eigenvalue weighted by molar-refractivity contribution is 7.13. The number of hydrogen-bond acceptors (Lipinski definition) is 4. The first-order chi connectivity index (χ1) is 8.72. The summed E-state index contributed by atoms with van der Waals surface area (Å²) < 4.78 is 0. The molecule has 0 bridgehead atoms. The van der Waals surface area contributed by atoms with Crippen LogP contribution in [0.1, 0.15) is 25.0 Å². The zero-order valence-corrected chi connectivity index (χ0v) is 10.5. The minimum atomic E-state index is -0.758. The maximum Gasteiger partial charge on any atom is 0.315 e.